The Morgan fingerprint density at radius 3 is 1.69 bits per heavy atom. The van der Waals surface area contributed by atoms with Gasteiger partial charge in [-0.1, -0.05) is 34.8 Å². The molecule has 5 N–H and O–H groups in total. The van der Waals surface area contributed by atoms with Gasteiger partial charge in [0.15, 0.2) is 44.3 Å². The molecule has 35 heavy (non-hydrogen) atoms. The van der Waals surface area contributed by atoms with E-state index in [0.29, 0.717) is 5.82 Å². The van der Waals surface area contributed by atoms with E-state index in [-0.39, 0.29) is 38.5 Å². The minimum atomic E-state index is -0.705. The third-order valence-corrected chi connectivity index (χ3v) is 5.70. The second kappa shape index (κ2) is 14.0. The SMILES string of the molecule is C1CCNC1.COC(=O)c1nc(Cl)c(Cl)nc1N.COC(=O)c1nc(Cl)c(N2CCCC2)nc1N. The molecule has 0 spiro atoms. The van der Waals surface area contributed by atoms with Crippen LogP contribution in [-0.4, -0.2) is 72.3 Å². The molecular formula is C20H27Cl3N8O4. The Kier molecular flexibility index (Phi) is 11.4. The maximum atomic E-state index is 11.3. The van der Waals surface area contributed by atoms with Gasteiger partial charge in [0.25, 0.3) is 0 Å². The third kappa shape index (κ3) is 8.20. The Morgan fingerprint density at radius 2 is 1.23 bits per heavy atom. The van der Waals surface area contributed by atoms with Gasteiger partial charge >= 0.3 is 11.9 Å². The highest BCUT2D eigenvalue weighted by molar-refractivity contribution is 6.40. The number of esters is 2. The van der Waals surface area contributed by atoms with E-state index in [0.717, 1.165) is 25.9 Å². The summed E-state index contributed by atoms with van der Waals surface area (Å²) in [6.07, 6.45) is 4.97. The normalized spacial score (nSPS) is 14.4. The molecular weight excluding hydrogens is 523 g/mol. The highest BCUT2D eigenvalue weighted by Gasteiger charge is 2.22. The van der Waals surface area contributed by atoms with E-state index in [2.05, 4.69) is 34.7 Å². The Hall–Kier alpha value is -2.67. The maximum absolute atomic E-state index is 11.3. The molecule has 2 aromatic heterocycles. The Labute approximate surface area is 217 Å². The molecule has 0 bridgehead atoms. The number of anilines is 3. The number of ether oxygens (including phenoxy) is 2. The molecule has 4 rings (SSSR count). The smallest absolute Gasteiger partial charge is 0.360 e. The van der Waals surface area contributed by atoms with Crippen molar-refractivity contribution in [3.8, 4) is 0 Å². The lowest BCUT2D eigenvalue weighted by Gasteiger charge is -2.18. The Bertz CT molecular complexity index is 1030. The average Bonchev–Trinajstić information content (AvgIpc) is 3.59. The number of nitrogens with one attached hydrogen (secondary N) is 1. The molecule has 2 aromatic rings. The van der Waals surface area contributed by atoms with Gasteiger partial charge in [0.1, 0.15) is 0 Å². The van der Waals surface area contributed by atoms with Gasteiger partial charge in [0.05, 0.1) is 14.2 Å². The predicted octanol–water partition coefficient (Wildman–Crippen LogP) is 2.62. The zero-order chi connectivity index (χ0) is 26.0. The van der Waals surface area contributed by atoms with Gasteiger partial charge in [-0.25, -0.2) is 29.5 Å². The summed E-state index contributed by atoms with van der Waals surface area (Å²) in [6.45, 7) is 4.26. The number of nitrogens with zero attached hydrogens (tertiary/aromatic N) is 5. The average molecular weight is 550 g/mol. The third-order valence-electron chi connectivity index (χ3n) is 4.83. The van der Waals surface area contributed by atoms with E-state index >= 15 is 0 Å². The molecule has 0 amide bonds. The number of carbonyl (C=O) groups is 2. The van der Waals surface area contributed by atoms with Crippen LogP contribution >= 0.6 is 34.8 Å². The van der Waals surface area contributed by atoms with Crippen LogP contribution in [0.3, 0.4) is 0 Å². The van der Waals surface area contributed by atoms with Gasteiger partial charge in [-0.3, -0.25) is 0 Å². The lowest BCUT2D eigenvalue weighted by atomic mass is 10.4. The number of hydrogen-bond acceptors (Lipinski definition) is 12. The zero-order valence-electron chi connectivity index (χ0n) is 19.3. The fourth-order valence-corrected chi connectivity index (χ4v) is 3.58. The summed E-state index contributed by atoms with van der Waals surface area (Å²) in [5.74, 6) is -0.868. The van der Waals surface area contributed by atoms with Crippen LogP contribution in [0.1, 0.15) is 46.7 Å². The summed E-state index contributed by atoms with van der Waals surface area (Å²) >= 11 is 17.0. The lowest BCUT2D eigenvalue weighted by molar-refractivity contribution is 0.0586. The number of rotatable bonds is 3. The molecule has 0 radical (unpaired) electrons. The number of carbonyl (C=O) groups excluding carboxylic acids is 2. The molecule has 192 valence electrons. The first-order valence-electron chi connectivity index (χ1n) is 10.6. The van der Waals surface area contributed by atoms with Gasteiger partial charge in [-0.2, -0.15) is 0 Å². The van der Waals surface area contributed by atoms with E-state index in [1.807, 2.05) is 4.90 Å². The second-order valence-electron chi connectivity index (χ2n) is 7.25. The van der Waals surface area contributed by atoms with Gasteiger partial charge in [-0.15, -0.1) is 0 Å². The molecule has 0 saturated carbocycles. The summed E-state index contributed by atoms with van der Waals surface area (Å²) in [5.41, 5.74) is 10.8. The molecule has 2 aliphatic heterocycles. The highest BCUT2D eigenvalue weighted by atomic mass is 35.5. The molecule has 2 fully saturated rings. The Balaban J connectivity index is 0.000000211. The maximum Gasteiger partial charge on any atom is 0.360 e. The lowest BCUT2D eigenvalue weighted by Crippen LogP contribution is -2.22. The largest absolute Gasteiger partial charge is 0.464 e. The fraction of sp³-hybridized carbons (Fsp3) is 0.500. The number of nitrogens with two attached hydrogens (primary N) is 2. The Morgan fingerprint density at radius 1 is 0.771 bits per heavy atom. The van der Waals surface area contributed by atoms with Crippen LogP contribution in [-0.2, 0) is 9.47 Å². The number of methoxy groups -OCH3 is 2. The minimum absolute atomic E-state index is 0.0413. The number of hydrogen-bond donors (Lipinski definition) is 3. The van der Waals surface area contributed by atoms with Crippen LogP contribution in [0.15, 0.2) is 0 Å². The summed E-state index contributed by atoms with van der Waals surface area (Å²) in [4.78, 5) is 39.6. The topological polar surface area (TPSA) is 171 Å². The first-order chi connectivity index (χ1) is 16.7. The van der Waals surface area contributed by atoms with Crippen LogP contribution in [0.25, 0.3) is 0 Å². The van der Waals surface area contributed by atoms with Gasteiger partial charge in [0.2, 0.25) is 0 Å². The molecule has 2 aliphatic rings. The van der Waals surface area contributed by atoms with Crippen LogP contribution in [0, 0.1) is 0 Å². The van der Waals surface area contributed by atoms with Crippen molar-refractivity contribution in [2.24, 2.45) is 0 Å². The molecule has 4 heterocycles. The second-order valence-corrected chi connectivity index (χ2v) is 8.32. The number of nitrogen functional groups attached to an aromatic ring is 2. The first-order valence-corrected chi connectivity index (χ1v) is 11.8. The molecule has 0 unspecified atom stereocenters. The van der Waals surface area contributed by atoms with Crippen molar-refractivity contribution in [1.82, 2.24) is 25.3 Å². The molecule has 12 nitrogen and oxygen atoms in total. The first kappa shape index (κ1) is 28.6. The standard InChI is InChI=1S/C10H13ClN4O2.C6H5Cl2N3O2.C4H9N/c1-17-10(16)6-8(12)14-9(7(11)13-6)15-4-2-3-5-15;1-13-6(12)2-5(9)11-4(8)3(7)10-2;1-2-4-5-3-1/h2-5H2,1H3,(H2,12,14);1H3,(H2,9,11);5H,1-4H2. The zero-order valence-corrected chi connectivity index (χ0v) is 21.6. The van der Waals surface area contributed by atoms with Crippen molar-refractivity contribution < 1.29 is 19.1 Å². The molecule has 0 aromatic carbocycles. The van der Waals surface area contributed by atoms with Crippen LogP contribution in [0.2, 0.25) is 15.5 Å². The van der Waals surface area contributed by atoms with Gasteiger partial charge in [0, 0.05) is 13.1 Å². The van der Waals surface area contributed by atoms with Crippen LogP contribution < -0.4 is 21.7 Å². The molecule has 2 saturated heterocycles. The predicted molar refractivity (Wildman–Crippen MR) is 134 cm³/mol. The minimum Gasteiger partial charge on any atom is -0.464 e. The van der Waals surface area contributed by atoms with Crippen molar-refractivity contribution >= 4 is 64.2 Å². The summed E-state index contributed by atoms with van der Waals surface area (Å²) in [5, 5.41) is 3.27. The highest BCUT2D eigenvalue weighted by Crippen LogP contribution is 2.27. The van der Waals surface area contributed by atoms with Gasteiger partial charge in [-0.05, 0) is 38.8 Å². The van der Waals surface area contributed by atoms with E-state index in [9.17, 15) is 9.59 Å². The van der Waals surface area contributed by atoms with Crippen molar-refractivity contribution in [3.63, 3.8) is 0 Å². The monoisotopic (exact) mass is 548 g/mol. The van der Waals surface area contributed by atoms with E-state index in [1.54, 1.807) is 0 Å². The van der Waals surface area contributed by atoms with Crippen molar-refractivity contribution in [3.05, 3.63) is 26.8 Å². The summed E-state index contributed by atoms with van der Waals surface area (Å²) in [7, 11) is 2.46. The molecule has 0 atom stereocenters. The van der Waals surface area contributed by atoms with E-state index in [1.165, 1.54) is 40.2 Å². The number of halogens is 3. The van der Waals surface area contributed by atoms with Crippen molar-refractivity contribution in [1.29, 1.82) is 0 Å². The van der Waals surface area contributed by atoms with E-state index < -0.39 is 11.9 Å². The summed E-state index contributed by atoms with van der Waals surface area (Å²) < 4.78 is 8.93. The summed E-state index contributed by atoms with van der Waals surface area (Å²) in [6, 6.07) is 0. The molecule has 0 aliphatic carbocycles. The van der Waals surface area contributed by atoms with Crippen molar-refractivity contribution in [2.75, 3.05) is 56.8 Å². The van der Waals surface area contributed by atoms with E-state index in [4.69, 9.17) is 46.3 Å². The van der Waals surface area contributed by atoms with Crippen LogP contribution in [0.5, 0.6) is 0 Å². The van der Waals surface area contributed by atoms with Crippen molar-refractivity contribution in [2.45, 2.75) is 25.7 Å². The fourth-order valence-electron chi connectivity index (χ4n) is 3.07. The quantitative estimate of drug-likeness (QED) is 0.479. The molecule has 15 heteroatoms. The number of aromatic nitrogens is 4. The van der Waals surface area contributed by atoms with Crippen LogP contribution in [0.4, 0.5) is 17.5 Å². The van der Waals surface area contributed by atoms with Gasteiger partial charge < -0.3 is 31.2 Å².